The van der Waals surface area contributed by atoms with Gasteiger partial charge in [0.05, 0.1) is 7.11 Å². The predicted octanol–water partition coefficient (Wildman–Crippen LogP) is 0.935. The van der Waals surface area contributed by atoms with Gasteiger partial charge in [-0.15, -0.1) is 0 Å². The van der Waals surface area contributed by atoms with E-state index in [9.17, 15) is 13.6 Å². The molecule has 1 aromatic rings. The Morgan fingerprint density at radius 2 is 2.46 bits per heavy atom. The van der Waals surface area contributed by atoms with Crippen LogP contribution in [0.5, 0.6) is 0 Å². The highest BCUT2D eigenvalue weighted by atomic mass is 19.3. The van der Waals surface area contributed by atoms with Gasteiger partial charge in [0.2, 0.25) is 0 Å². The van der Waals surface area contributed by atoms with Crippen LogP contribution in [-0.2, 0) is 11.3 Å². The zero-order valence-corrected chi connectivity index (χ0v) is 6.91. The summed E-state index contributed by atoms with van der Waals surface area (Å²) in [5.74, 6) is -0.631. The molecule has 0 aliphatic rings. The van der Waals surface area contributed by atoms with Crippen LogP contribution in [0.3, 0.4) is 0 Å². The van der Waals surface area contributed by atoms with Gasteiger partial charge in [-0.2, -0.15) is 5.10 Å². The molecule has 0 bridgehead atoms. The van der Waals surface area contributed by atoms with Crippen molar-refractivity contribution in [1.82, 2.24) is 9.78 Å². The van der Waals surface area contributed by atoms with Crippen LogP contribution in [0, 0.1) is 0 Å². The first kappa shape index (κ1) is 9.63. The van der Waals surface area contributed by atoms with Gasteiger partial charge in [0, 0.05) is 6.20 Å². The van der Waals surface area contributed by atoms with Crippen molar-refractivity contribution in [3.8, 4) is 0 Å². The smallest absolute Gasteiger partial charge is 0.358 e. The molecule has 0 radical (unpaired) electrons. The lowest BCUT2D eigenvalue weighted by molar-refractivity contribution is 0.0590. The summed E-state index contributed by atoms with van der Waals surface area (Å²) in [6, 6.07) is 1.33. The highest BCUT2D eigenvalue weighted by Crippen LogP contribution is 2.01. The number of carbonyl (C=O) groups is 1. The Bertz CT molecular complexity index is 298. The number of halogens is 2. The molecule has 1 heterocycles. The number of aromatic nitrogens is 2. The second-order valence-corrected chi connectivity index (χ2v) is 2.31. The zero-order chi connectivity index (χ0) is 9.84. The number of carbonyl (C=O) groups excluding carboxylic acids is 1. The molecular weight excluding hydrogens is 182 g/mol. The minimum atomic E-state index is -2.48. The van der Waals surface area contributed by atoms with E-state index < -0.39 is 18.9 Å². The van der Waals surface area contributed by atoms with Crippen LogP contribution in [0.15, 0.2) is 12.3 Å². The fraction of sp³-hybridized carbons (Fsp3) is 0.429. The van der Waals surface area contributed by atoms with Crippen molar-refractivity contribution in [3.63, 3.8) is 0 Å². The SMILES string of the molecule is COC(=O)c1ccn(CC(F)F)n1. The summed E-state index contributed by atoms with van der Waals surface area (Å²) in [5, 5.41) is 3.58. The van der Waals surface area contributed by atoms with Crippen LogP contribution in [-0.4, -0.2) is 29.3 Å². The molecule has 1 rings (SSSR count). The van der Waals surface area contributed by atoms with Gasteiger partial charge >= 0.3 is 5.97 Å². The first-order valence-corrected chi connectivity index (χ1v) is 3.53. The summed E-state index contributed by atoms with van der Waals surface area (Å²) >= 11 is 0. The molecule has 0 aliphatic heterocycles. The quantitative estimate of drug-likeness (QED) is 0.666. The highest BCUT2D eigenvalue weighted by molar-refractivity contribution is 5.86. The molecule has 4 nitrogen and oxygen atoms in total. The van der Waals surface area contributed by atoms with Crippen molar-refractivity contribution >= 4 is 5.97 Å². The number of rotatable bonds is 3. The normalized spacial score (nSPS) is 10.5. The third-order valence-corrected chi connectivity index (χ3v) is 1.36. The standard InChI is InChI=1S/C7H8F2N2O2/c1-13-7(12)5-2-3-11(10-5)4-6(8)9/h2-3,6H,4H2,1H3. The van der Waals surface area contributed by atoms with Gasteiger partial charge in [-0.3, -0.25) is 4.68 Å². The molecule has 0 spiro atoms. The largest absolute Gasteiger partial charge is 0.464 e. The first-order chi connectivity index (χ1) is 6.13. The third kappa shape index (κ3) is 2.50. The lowest BCUT2D eigenvalue weighted by atomic mass is 10.4. The van der Waals surface area contributed by atoms with Gasteiger partial charge in [0.25, 0.3) is 6.43 Å². The van der Waals surface area contributed by atoms with E-state index in [0.717, 1.165) is 4.68 Å². The Morgan fingerprint density at radius 1 is 1.77 bits per heavy atom. The number of hydrogen-bond donors (Lipinski definition) is 0. The van der Waals surface area contributed by atoms with Crippen LogP contribution >= 0.6 is 0 Å². The second kappa shape index (κ2) is 3.97. The van der Waals surface area contributed by atoms with E-state index in [1.807, 2.05) is 0 Å². The molecule has 0 saturated heterocycles. The van der Waals surface area contributed by atoms with Gasteiger partial charge in [-0.25, -0.2) is 13.6 Å². The van der Waals surface area contributed by atoms with Crippen LogP contribution in [0.1, 0.15) is 10.5 Å². The number of alkyl halides is 2. The van der Waals surface area contributed by atoms with Gasteiger partial charge in [-0.1, -0.05) is 0 Å². The molecule has 1 aromatic heterocycles. The summed E-state index contributed by atoms with van der Waals surface area (Å²) in [6.07, 6.45) is -1.18. The van der Waals surface area contributed by atoms with Crippen LogP contribution < -0.4 is 0 Å². The second-order valence-electron chi connectivity index (χ2n) is 2.31. The first-order valence-electron chi connectivity index (χ1n) is 3.53. The number of nitrogens with zero attached hydrogens (tertiary/aromatic N) is 2. The predicted molar refractivity (Wildman–Crippen MR) is 39.6 cm³/mol. The number of hydrogen-bond acceptors (Lipinski definition) is 3. The molecule has 6 heteroatoms. The molecule has 72 valence electrons. The van der Waals surface area contributed by atoms with Crippen molar-refractivity contribution < 1.29 is 18.3 Å². The van der Waals surface area contributed by atoms with Gasteiger partial charge < -0.3 is 4.74 Å². The van der Waals surface area contributed by atoms with Crippen LogP contribution in [0.2, 0.25) is 0 Å². The molecule has 0 aromatic carbocycles. The van der Waals surface area contributed by atoms with Crippen LogP contribution in [0.25, 0.3) is 0 Å². The lowest BCUT2D eigenvalue weighted by Gasteiger charge is -1.98. The molecule has 0 aliphatic carbocycles. The molecular formula is C7H8F2N2O2. The van der Waals surface area contributed by atoms with E-state index in [2.05, 4.69) is 9.84 Å². The minimum absolute atomic E-state index is 0.0307. The summed E-state index contributed by atoms with van der Waals surface area (Å²) in [4.78, 5) is 10.8. The fourth-order valence-corrected chi connectivity index (χ4v) is 0.818. The van der Waals surface area contributed by atoms with E-state index in [1.54, 1.807) is 0 Å². The van der Waals surface area contributed by atoms with Crippen molar-refractivity contribution in [2.45, 2.75) is 13.0 Å². The molecule has 0 saturated carbocycles. The third-order valence-electron chi connectivity index (χ3n) is 1.36. The monoisotopic (exact) mass is 190 g/mol. The summed E-state index contributed by atoms with van der Waals surface area (Å²) in [6.45, 7) is -0.517. The number of esters is 1. The van der Waals surface area contributed by atoms with Crippen molar-refractivity contribution in [2.24, 2.45) is 0 Å². The van der Waals surface area contributed by atoms with Gasteiger partial charge in [0.1, 0.15) is 6.54 Å². The average Bonchev–Trinajstić information content (AvgIpc) is 2.50. The Kier molecular flexibility index (Phi) is 2.94. The van der Waals surface area contributed by atoms with Crippen molar-refractivity contribution in [3.05, 3.63) is 18.0 Å². The zero-order valence-electron chi connectivity index (χ0n) is 6.91. The Morgan fingerprint density at radius 3 is 3.00 bits per heavy atom. The fourth-order valence-electron chi connectivity index (χ4n) is 0.818. The minimum Gasteiger partial charge on any atom is -0.464 e. The summed E-state index contributed by atoms with van der Waals surface area (Å²) in [5.41, 5.74) is 0.0307. The van der Waals surface area contributed by atoms with Crippen molar-refractivity contribution in [2.75, 3.05) is 7.11 Å². The Balaban J connectivity index is 2.69. The van der Waals surface area contributed by atoms with E-state index in [1.165, 1.54) is 19.4 Å². The Hall–Kier alpha value is -1.46. The maximum Gasteiger partial charge on any atom is 0.358 e. The van der Waals surface area contributed by atoms with Crippen molar-refractivity contribution in [1.29, 1.82) is 0 Å². The molecule has 0 N–H and O–H groups in total. The summed E-state index contributed by atoms with van der Waals surface area (Å²) in [7, 11) is 1.20. The molecule has 0 fully saturated rings. The molecule has 13 heavy (non-hydrogen) atoms. The molecule has 0 unspecified atom stereocenters. The topological polar surface area (TPSA) is 44.1 Å². The maximum atomic E-state index is 11.8. The van der Waals surface area contributed by atoms with E-state index in [4.69, 9.17) is 0 Å². The number of methoxy groups -OCH3 is 1. The summed E-state index contributed by atoms with van der Waals surface area (Å²) < 4.78 is 29.0. The van der Waals surface area contributed by atoms with E-state index in [-0.39, 0.29) is 5.69 Å². The molecule has 0 amide bonds. The maximum absolute atomic E-state index is 11.8. The van der Waals surface area contributed by atoms with Gasteiger partial charge in [0.15, 0.2) is 5.69 Å². The van der Waals surface area contributed by atoms with E-state index in [0.29, 0.717) is 0 Å². The number of ether oxygens (including phenoxy) is 1. The average molecular weight is 190 g/mol. The molecule has 0 atom stereocenters. The highest BCUT2D eigenvalue weighted by Gasteiger charge is 2.10. The van der Waals surface area contributed by atoms with E-state index >= 15 is 0 Å². The Labute approximate surface area is 73.1 Å². The van der Waals surface area contributed by atoms with Gasteiger partial charge in [-0.05, 0) is 6.07 Å². The lowest BCUT2D eigenvalue weighted by Crippen LogP contribution is -2.09. The van der Waals surface area contributed by atoms with Crippen LogP contribution in [0.4, 0.5) is 8.78 Å².